The smallest absolute Gasteiger partial charge is 0.136 e. The molecule has 0 saturated carbocycles. The van der Waals surface area contributed by atoms with E-state index >= 15 is 0 Å². The van der Waals surface area contributed by atoms with E-state index < -0.39 is 0 Å². The number of hydrogen-bond donors (Lipinski definition) is 0. The molecule has 0 atom stereocenters. The quantitative estimate of drug-likeness (QED) is 0.164. The second-order valence-electron chi connectivity index (χ2n) is 15.5. The predicted octanol–water partition coefficient (Wildman–Crippen LogP) is 16.7. The molecule has 58 heavy (non-hydrogen) atoms. The van der Waals surface area contributed by atoms with E-state index in [9.17, 15) is 0 Å². The van der Waals surface area contributed by atoms with Crippen molar-refractivity contribution in [3.8, 4) is 33.4 Å². The molecule has 0 N–H and O–H groups in total. The molecule has 2 aromatic heterocycles. The fourth-order valence-electron chi connectivity index (χ4n) is 9.91. The Morgan fingerprint density at radius 2 is 0.879 bits per heavy atom. The maximum atomic E-state index is 6.35. The van der Waals surface area contributed by atoms with Crippen LogP contribution in [0.5, 0.6) is 0 Å². The van der Waals surface area contributed by atoms with Gasteiger partial charge in [-0.25, -0.2) is 0 Å². The van der Waals surface area contributed by atoms with Crippen LogP contribution in [0.3, 0.4) is 0 Å². The van der Waals surface area contributed by atoms with Crippen LogP contribution in [0.2, 0.25) is 0 Å². The lowest BCUT2D eigenvalue weighted by molar-refractivity contribution is 0.669. The fraction of sp³-hybridized carbons (Fsp3) is 0. The van der Waals surface area contributed by atoms with Gasteiger partial charge in [0.25, 0.3) is 0 Å². The summed E-state index contributed by atoms with van der Waals surface area (Å²) in [5, 5.41) is 17.5. The lowest BCUT2D eigenvalue weighted by atomic mass is 9.83. The monoisotopic (exact) mass is 752 g/mol. The maximum absolute atomic E-state index is 6.35. The molecular weight excluding hydrogens is 721 g/mol. The summed E-state index contributed by atoms with van der Waals surface area (Å²) in [5.74, 6) is 0. The van der Waals surface area contributed by atoms with Crippen LogP contribution in [-0.4, -0.2) is 0 Å². The first kappa shape index (κ1) is 31.9. The Kier molecular flexibility index (Phi) is 6.66. The minimum Gasteiger partial charge on any atom is -0.456 e. The molecular formula is C56H32OS. The molecule has 0 aliphatic rings. The molecule has 0 aliphatic heterocycles. The SMILES string of the molecule is c1ccc2c(-c3c4ccccc4c(-c4ccc(-c5ccc6c(c5)sc5ccc7cc8c(cc7c56)oc5ccccc58)c5ccccc45)c4ccccc34)cccc2c1. The van der Waals surface area contributed by atoms with Gasteiger partial charge in [0.1, 0.15) is 11.2 Å². The Morgan fingerprint density at radius 1 is 0.293 bits per heavy atom. The van der Waals surface area contributed by atoms with Crippen LogP contribution in [0.15, 0.2) is 199 Å². The van der Waals surface area contributed by atoms with Crippen LogP contribution >= 0.6 is 11.3 Å². The van der Waals surface area contributed by atoms with Gasteiger partial charge in [-0.2, -0.15) is 0 Å². The summed E-state index contributed by atoms with van der Waals surface area (Å²) >= 11 is 1.87. The van der Waals surface area contributed by atoms with E-state index in [-0.39, 0.29) is 0 Å². The molecule has 0 fully saturated rings. The second kappa shape index (κ2) is 12.1. The molecule has 2 heteroatoms. The minimum absolute atomic E-state index is 0.932. The highest BCUT2D eigenvalue weighted by Crippen LogP contribution is 2.48. The zero-order chi connectivity index (χ0) is 37.9. The first-order chi connectivity index (χ1) is 28.8. The predicted molar refractivity (Wildman–Crippen MR) is 250 cm³/mol. The third-order valence-corrected chi connectivity index (χ3v) is 13.6. The third kappa shape index (κ3) is 4.52. The number of para-hydroxylation sites is 1. The average molecular weight is 753 g/mol. The molecule has 13 rings (SSSR count). The van der Waals surface area contributed by atoms with Crippen molar-refractivity contribution in [3.05, 3.63) is 194 Å². The maximum Gasteiger partial charge on any atom is 0.136 e. The molecule has 0 spiro atoms. The van der Waals surface area contributed by atoms with Gasteiger partial charge in [-0.3, -0.25) is 0 Å². The first-order valence-corrected chi connectivity index (χ1v) is 20.7. The number of benzene rings is 11. The molecule has 2 heterocycles. The van der Waals surface area contributed by atoms with Crippen LogP contribution in [0.25, 0.3) is 129 Å². The topological polar surface area (TPSA) is 13.1 Å². The van der Waals surface area contributed by atoms with Gasteiger partial charge in [0.05, 0.1) is 0 Å². The van der Waals surface area contributed by atoms with Gasteiger partial charge in [0.2, 0.25) is 0 Å². The number of rotatable bonds is 3. The molecule has 11 aromatic carbocycles. The number of fused-ring (bicyclic) bond motifs is 12. The molecule has 0 aliphatic carbocycles. The number of furan rings is 1. The van der Waals surface area contributed by atoms with Crippen molar-refractivity contribution in [1.29, 1.82) is 0 Å². The van der Waals surface area contributed by atoms with Crippen molar-refractivity contribution in [2.24, 2.45) is 0 Å². The lowest BCUT2D eigenvalue weighted by Crippen LogP contribution is -1.93. The molecule has 0 amide bonds. The van der Waals surface area contributed by atoms with E-state index in [2.05, 4.69) is 188 Å². The highest BCUT2D eigenvalue weighted by Gasteiger charge is 2.21. The van der Waals surface area contributed by atoms with Gasteiger partial charge in [-0.1, -0.05) is 164 Å². The molecule has 0 radical (unpaired) electrons. The van der Waals surface area contributed by atoms with Crippen LogP contribution in [-0.2, 0) is 0 Å². The van der Waals surface area contributed by atoms with Crippen molar-refractivity contribution >= 4 is 107 Å². The Hall–Kier alpha value is -7.26. The van der Waals surface area contributed by atoms with Gasteiger partial charge in [-0.05, 0) is 118 Å². The minimum atomic E-state index is 0.932. The molecule has 268 valence electrons. The van der Waals surface area contributed by atoms with Crippen LogP contribution in [0, 0.1) is 0 Å². The van der Waals surface area contributed by atoms with Gasteiger partial charge < -0.3 is 4.42 Å². The average Bonchev–Trinajstić information content (AvgIpc) is 3.85. The summed E-state index contributed by atoms with van der Waals surface area (Å²) in [7, 11) is 0. The Labute approximate surface area is 337 Å². The van der Waals surface area contributed by atoms with Crippen LogP contribution in [0.4, 0.5) is 0 Å². The summed E-state index contributed by atoms with van der Waals surface area (Å²) in [6.45, 7) is 0. The zero-order valence-electron chi connectivity index (χ0n) is 31.3. The highest BCUT2D eigenvalue weighted by atomic mass is 32.1. The standard InChI is InChI=1S/C56H32OS/c1-2-14-36-33(12-1)13-11-22-41(36)54-42-18-5-7-20-44(42)55(45-21-8-6-19-43(45)54)46-28-27-37(38-15-3-4-16-39(38)46)35-24-26-47-53(31-35)58-52-29-25-34-30-49-40-17-9-10-23-50(40)57-51(49)32-48(34)56(47)52/h1-32H. The van der Waals surface area contributed by atoms with E-state index in [0.717, 1.165) is 16.6 Å². The van der Waals surface area contributed by atoms with Crippen molar-refractivity contribution in [1.82, 2.24) is 0 Å². The Bertz CT molecular complexity index is 3800. The Balaban J connectivity index is 1.01. The summed E-state index contributed by atoms with van der Waals surface area (Å²) in [6, 6.07) is 71.6. The van der Waals surface area contributed by atoms with Crippen LogP contribution < -0.4 is 0 Å². The van der Waals surface area contributed by atoms with Gasteiger partial charge >= 0.3 is 0 Å². The highest BCUT2D eigenvalue weighted by molar-refractivity contribution is 7.26. The number of hydrogen-bond acceptors (Lipinski definition) is 2. The summed E-state index contributed by atoms with van der Waals surface area (Å²) < 4.78 is 8.93. The fourth-order valence-corrected chi connectivity index (χ4v) is 11.1. The van der Waals surface area contributed by atoms with Crippen molar-refractivity contribution in [2.75, 3.05) is 0 Å². The largest absolute Gasteiger partial charge is 0.456 e. The Morgan fingerprint density at radius 3 is 1.62 bits per heavy atom. The zero-order valence-corrected chi connectivity index (χ0v) is 32.1. The van der Waals surface area contributed by atoms with E-state index in [1.807, 2.05) is 17.4 Å². The summed E-state index contributed by atoms with van der Waals surface area (Å²) in [5.41, 5.74) is 9.43. The van der Waals surface area contributed by atoms with Crippen molar-refractivity contribution < 1.29 is 4.42 Å². The third-order valence-electron chi connectivity index (χ3n) is 12.4. The number of thiophene rings is 1. The van der Waals surface area contributed by atoms with E-state index in [4.69, 9.17) is 4.42 Å². The molecule has 0 saturated heterocycles. The van der Waals surface area contributed by atoms with E-state index in [0.29, 0.717) is 0 Å². The van der Waals surface area contributed by atoms with E-state index in [1.165, 1.54) is 113 Å². The van der Waals surface area contributed by atoms with Gasteiger partial charge in [0, 0.05) is 30.9 Å². The van der Waals surface area contributed by atoms with Gasteiger partial charge in [0.15, 0.2) is 0 Å². The normalized spacial score (nSPS) is 12.1. The lowest BCUT2D eigenvalue weighted by Gasteiger charge is -2.20. The van der Waals surface area contributed by atoms with E-state index in [1.54, 1.807) is 0 Å². The first-order valence-electron chi connectivity index (χ1n) is 19.9. The molecule has 0 bridgehead atoms. The second-order valence-corrected chi connectivity index (χ2v) is 16.6. The summed E-state index contributed by atoms with van der Waals surface area (Å²) in [6.07, 6.45) is 0. The van der Waals surface area contributed by atoms with Crippen molar-refractivity contribution in [2.45, 2.75) is 0 Å². The molecule has 0 unspecified atom stereocenters. The summed E-state index contributed by atoms with van der Waals surface area (Å²) in [4.78, 5) is 0. The van der Waals surface area contributed by atoms with Crippen molar-refractivity contribution in [3.63, 3.8) is 0 Å². The van der Waals surface area contributed by atoms with Crippen LogP contribution in [0.1, 0.15) is 0 Å². The molecule has 13 aromatic rings. The van der Waals surface area contributed by atoms with Gasteiger partial charge in [-0.15, -0.1) is 11.3 Å². The molecule has 1 nitrogen and oxygen atoms in total.